The van der Waals surface area contributed by atoms with Crippen molar-refractivity contribution in [2.24, 2.45) is 5.73 Å². The van der Waals surface area contributed by atoms with Gasteiger partial charge in [0.25, 0.3) is 0 Å². The van der Waals surface area contributed by atoms with Gasteiger partial charge in [-0.3, -0.25) is 4.90 Å². The highest BCUT2D eigenvalue weighted by molar-refractivity contribution is 9.10. The fraction of sp³-hybridized carbons (Fsp3) is 0.250. The first-order chi connectivity index (χ1) is 10.0. The lowest BCUT2D eigenvalue weighted by Gasteiger charge is -2.28. The van der Waals surface area contributed by atoms with E-state index >= 15 is 0 Å². The van der Waals surface area contributed by atoms with Gasteiger partial charge in [0.1, 0.15) is 5.82 Å². The summed E-state index contributed by atoms with van der Waals surface area (Å²) in [5, 5.41) is 0. The Morgan fingerprint density at radius 1 is 1.14 bits per heavy atom. The Hall–Kier alpha value is -0.750. The minimum atomic E-state index is -0.249. The lowest BCUT2D eigenvalue weighted by atomic mass is 10.0. The standard InChI is InChI=1S/C16H17Br2FN2/c1-21(10-11-4-2-3-5-14(11)17)16(9-20)13-8-12(19)6-7-15(13)18/h2-8,16H,9-10,20H2,1H3. The molecule has 0 heterocycles. The zero-order valence-corrected chi connectivity index (χ0v) is 14.9. The minimum Gasteiger partial charge on any atom is -0.329 e. The molecule has 0 aliphatic rings. The van der Waals surface area contributed by atoms with Gasteiger partial charge in [0, 0.05) is 28.1 Å². The van der Waals surface area contributed by atoms with Gasteiger partial charge in [0.15, 0.2) is 0 Å². The van der Waals surface area contributed by atoms with Crippen molar-refractivity contribution < 1.29 is 4.39 Å². The molecule has 2 nitrogen and oxygen atoms in total. The molecule has 0 aliphatic heterocycles. The van der Waals surface area contributed by atoms with Crippen LogP contribution in [0.4, 0.5) is 4.39 Å². The lowest BCUT2D eigenvalue weighted by molar-refractivity contribution is 0.240. The van der Waals surface area contributed by atoms with Crippen molar-refractivity contribution in [2.75, 3.05) is 13.6 Å². The summed E-state index contributed by atoms with van der Waals surface area (Å²) in [5.74, 6) is -0.249. The van der Waals surface area contributed by atoms with Crippen molar-refractivity contribution in [3.63, 3.8) is 0 Å². The van der Waals surface area contributed by atoms with Crippen molar-refractivity contribution in [2.45, 2.75) is 12.6 Å². The second-order valence-electron chi connectivity index (χ2n) is 4.92. The molecule has 2 aromatic rings. The number of hydrogen-bond acceptors (Lipinski definition) is 2. The van der Waals surface area contributed by atoms with Crippen molar-refractivity contribution in [1.29, 1.82) is 0 Å². The number of benzene rings is 2. The van der Waals surface area contributed by atoms with Gasteiger partial charge in [0.05, 0.1) is 0 Å². The highest BCUT2D eigenvalue weighted by Crippen LogP contribution is 2.29. The molecule has 1 unspecified atom stereocenters. The van der Waals surface area contributed by atoms with Crippen LogP contribution in [0.5, 0.6) is 0 Å². The van der Waals surface area contributed by atoms with Gasteiger partial charge >= 0.3 is 0 Å². The highest BCUT2D eigenvalue weighted by atomic mass is 79.9. The summed E-state index contributed by atoms with van der Waals surface area (Å²) in [4.78, 5) is 2.12. The van der Waals surface area contributed by atoms with Gasteiger partial charge in [0.2, 0.25) is 0 Å². The molecule has 1 atom stereocenters. The van der Waals surface area contributed by atoms with E-state index in [2.05, 4.69) is 42.8 Å². The van der Waals surface area contributed by atoms with Crippen molar-refractivity contribution in [3.8, 4) is 0 Å². The molecule has 2 aromatic carbocycles. The molecular formula is C16H17Br2FN2. The predicted octanol–water partition coefficient (Wildman–Crippen LogP) is 4.48. The zero-order chi connectivity index (χ0) is 15.4. The number of nitrogens with zero attached hydrogens (tertiary/aromatic N) is 1. The van der Waals surface area contributed by atoms with Gasteiger partial charge in [-0.1, -0.05) is 50.1 Å². The highest BCUT2D eigenvalue weighted by Gasteiger charge is 2.19. The Kier molecular flexibility index (Phi) is 5.93. The molecule has 0 radical (unpaired) electrons. The molecule has 21 heavy (non-hydrogen) atoms. The Bertz CT molecular complexity index is 619. The fourth-order valence-corrected chi connectivity index (χ4v) is 3.24. The molecule has 112 valence electrons. The third kappa shape index (κ3) is 4.13. The maximum absolute atomic E-state index is 13.5. The Labute approximate surface area is 141 Å². The van der Waals surface area contributed by atoms with Gasteiger partial charge < -0.3 is 5.73 Å². The second-order valence-corrected chi connectivity index (χ2v) is 6.63. The molecule has 0 spiro atoms. The molecule has 0 saturated heterocycles. The van der Waals surface area contributed by atoms with E-state index in [1.54, 1.807) is 6.07 Å². The van der Waals surface area contributed by atoms with E-state index in [4.69, 9.17) is 5.73 Å². The molecule has 2 N–H and O–H groups in total. The van der Waals surface area contributed by atoms with Gasteiger partial charge in [-0.2, -0.15) is 0 Å². The average Bonchev–Trinajstić information content (AvgIpc) is 2.46. The first kappa shape index (κ1) is 16.6. The molecule has 0 aromatic heterocycles. The van der Waals surface area contributed by atoms with E-state index in [-0.39, 0.29) is 11.9 Å². The molecule has 0 aliphatic carbocycles. The molecular weight excluding hydrogens is 399 g/mol. The molecule has 2 rings (SSSR count). The lowest BCUT2D eigenvalue weighted by Crippen LogP contribution is -2.30. The summed E-state index contributed by atoms with van der Waals surface area (Å²) < 4.78 is 15.4. The summed E-state index contributed by atoms with van der Waals surface area (Å²) in [6.07, 6.45) is 0. The summed E-state index contributed by atoms with van der Waals surface area (Å²) >= 11 is 7.03. The van der Waals surface area contributed by atoms with Gasteiger partial charge in [-0.25, -0.2) is 4.39 Å². The van der Waals surface area contributed by atoms with Crippen LogP contribution in [0, 0.1) is 5.82 Å². The maximum Gasteiger partial charge on any atom is 0.123 e. The largest absolute Gasteiger partial charge is 0.329 e. The van der Waals surface area contributed by atoms with Crippen LogP contribution in [0.15, 0.2) is 51.4 Å². The number of nitrogens with two attached hydrogens (primary N) is 1. The first-order valence-electron chi connectivity index (χ1n) is 6.61. The van der Waals surface area contributed by atoms with E-state index in [0.29, 0.717) is 6.54 Å². The molecule has 5 heteroatoms. The van der Waals surface area contributed by atoms with Crippen LogP contribution in [0.2, 0.25) is 0 Å². The smallest absolute Gasteiger partial charge is 0.123 e. The number of halogens is 3. The van der Waals surface area contributed by atoms with Crippen LogP contribution in [0.1, 0.15) is 17.2 Å². The van der Waals surface area contributed by atoms with Crippen molar-refractivity contribution in [1.82, 2.24) is 4.90 Å². The first-order valence-corrected chi connectivity index (χ1v) is 8.20. The Balaban J connectivity index is 2.25. The number of hydrogen-bond donors (Lipinski definition) is 1. The van der Waals surface area contributed by atoms with Crippen LogP contribution in [-0.4, -0.2) is 18.5 Å². The van der Waals surface area contributed by atoms with Gasteiger partial charge in [-0.15, -0.1) is 0 Å². The summed E-state index contributed by atoms with van der Waals surface area (Å²) in [6.45, 7) is 1.15. The van der Waals surface area contributed by atoms with Crippen LogP contribution in [-0.2, 0) is 6.54 Å². The van der Waals surface area contributed by atoms with Crippen molar-refractivity contribution >= 4 is 31.9 Å². The summed E-state index contributed by atoms with van der Waals surface area (Å²) in [5.41, 5.74) is 7.96. The monoisotopic (exact) mass is 414 g/mol. The van der Waals surface area contributed by atoms with Crippen LogP contribution >= 0.6 is 31.9 Å². The minimum absolute atomic E-state index is 0.0535. The summed E-state index contributed by atoms with van der Waals surface area (Å²) in [6, 6.07) is 12.7. The zero-order valence-electron chi connectivity index (χ0n) is 11.7. The van der Waals surface area contributed by atoms with E-state index in [0.717, 1.165) is 21.1 Å². The van der Waals surface area contributed by atoms with Crippen molar-refractivity contribution in [3.05, 3.63) is 68.4 Å². The molecule has 0 amide bonds. The molecule has 0 fully saturated rings. The molecule has 0 bridgehead atoms. The Morgan fingerprint density at radius 3 is 2.52 bits per heavy atom. The topological polar surface area (TPSA) is 29.3 Å². The maximum atomic E-state index is 13.5. The van der Waals surface area contributed by atoms with E-state index in [1.165, 1.54) is 17.7 Å². The fourth-order valence-electron chi connectivity index (χ4n) is 2.32. The van der Waals surface area contributed by atoms with Crippen LogP contribution in [0.25, 0.3) is 0 Å². The second kappa shape index (κ2) is 7.49. The van der Waals surface area contributed by atoms with Crippen LogP contribution in [0.3, 0.4) is 0 Å². The van der Waals surface area contributed by atoms with Crippen LogP contribution < -0.4 is 5.73 Å². The quantitative estimate of drug-likeness (QED) is 0.779. The Morgan fingerprint density at radius 2 is 1.86 bits per heavy atom. The third-order valence-corrected chi connectivity index (χ3v) is 4.95. The third-order valence-electron chi connectivity index (χ3n) is 3.45. The number of likely N-dealkylation sites (N-methyl/N-ethyl adjacent to an activating group) is 1. The predicted molar refractivity (Wildman–Crippen MR) is 91.5 cm³/mol. The van der Waals surface area contributed by atoms with Gasteiger partial charge in [-0.05, 0) is 42.4 Å². The molecule has 0 saturated carbocycles. The average molecular weight is 416 g/mol. The van der Waals surface area contributed by atoms with E-state index in [9.17, 15) is 4.39 Å². The SMILES string of the molecule is CN(Cc1ccccc1Br)C(CN)c1cc(F)ccc1Br. The van der Waals surface area contributed by atoms with E-state index in [1.807, 2.05) is 25.2 Å². The normalized spacial score (nSPS) is 12.7. The van der Waals surface area contributed by atoms with E-state index < -0.39 is 0 Å². The summed E-state index contributed by atoms with van der Waals surface area (Å²) in [7, 11) is 1.99. The number of rotatable bonds is 5.